The van der Waals surface area contributed by atoms with Crippen LogP contribution in [-0.2, 0) is 0 Å². The van der Waals surface area contributed by atoms with E-state index < -0.39 is 0 Å². The van der Waals surface area contributed by atoms with E-state index in [9.17, 15) is 0 Å². The van der Waals surface area contributed by atoms with Crippen molar-refractivity contribution in [1.29, 1.82) is 0 Å². The van der Waals surface area contributed by atoms with Gasteiger partial charge in [-0.05, 0) is 31.1 Å². The molecule has 0 aromatic carbocycles. The Labute approximate surface area is 100 Å². The van der Waals surface area contributed by atoms with Crippen molar-refractivity contribution in [2.24, 2.45) is 11.8 Å². The first kappa shape index (κ1) is 14.0. The fourth-order valence-electron chi connectivity index (χ4n) is 2.75. The average Bonchev–Trinajstić information content (AvgIpc) is 2.31. The molecule has 0 radical (unpaired) electrons. The molecular weight excluding hydrogens is 200 g/mol. The number of hydrogen-bond donors (Lipinski definition) is 2. The second-order valence-corrected chi connectivity index (χ2v) is 5.50. The van der Waals surface area contributed by atoms with E-state index in [1.54, 1.807) is 0 Å². The van der Waals surface area contributed by atoms with Crippen molar-refractivity contribution in [2.75, 3.05) is 6.61 Å². The number of hydrogen-bond acceptors (Lipinski definition) is 2. The van der Waals surface area contributed by atoms with Crippen LogP contribution in [0.1, 0.15) is 64.7 Å². The van der Waals surface area contributed by atoms with E-state index in [4.69, 9.17) is 10.2 Å². The Kier molecular flexibility index (Phi) is 7.06. The van der Waals surface area contributed by atoms with E-state index in [-0.39, 0.29) is 6.10 Å². The Balaban J connectivity index is 0.000000165. The van der Waals surface area contributed by atoms with Crippen molar-refractivity contribution in [1.82, 2.24) is 0 Å². The van der Waals surface area contributed by atoms with Crippen LogP contribution in [-0.4, -0.2) is 22.9 Å². The van der Waals surface area contributed by atoms with Gasteiger partial charge in [0, 0.05) is 6.61 Å². The summed E-state index contributed by atoms with van der Waals surface area (Å²) in [6.45, 7) is 2.65. The van der Waals surface area contributed by atoms with Crippen molar-refractivity contribution in [2.45, 2.75) is 70.8 Å². The Morgan fingerprint density at radius 1 is 0.875 bits per heavy atom. The second-order valence-electron chi connectivity index (χ2n) is 5.50. The van der Waals surface area contributed by atoms with Crippen molar-refractivity contribution < 1.29 is 10.2 Å². The van der Waals surface area contributed by atoms with Gasteiger partial charge in [0.15, 0.2) is 0 Å². The van der Waals surface area contributed by atoms with Crippen molar-refractivity contribution in [3.05, 3.63) is 0 Å². The maximum atomic E-state index is 8.91. The fraction of sp³-hybridized carbons (Fsp3) is 1.00. The Bertz CT molecular complexity index is 164. The highest BCUT2D eigenvalue weighted by molar-refractivity contribution is 4.70. The predicted molar refractivity (Wildman–Crippen MR) is 67.3 cm³/mol. The van der Waals surface area contributed by atoms with E-state index in [2.05, 4.69) is 6.92 Å². The molecule has 2 saturated carbocycles. The number of aliphatic hydroxyl groups is 2. The molecular formula is C14H28O2. The largest absolute Gasteiger partial charge is 0.396 e. The maximum Gasteiger partial charge on any atom is 0.0540 e. The third-order valence-electron chi connectivity index (χ3n) is 4.10. The quantitative estimate of drug-likeness (QED) is 0.724. The molecule has 2 nitrogen and oxygen atoms in total. The maximum absolute atomic E-state index is 8.91. The minimum Gasteiger partial charge on any atom is -0.396 e. The number of aliphatic hydroxyl groups excluding tert-OH is 2. The monoisotopic (exact) mass is 228 g/mol. The fourth-order valence-corrected chi connectivity index (χ4v) is 2.75. The highest BCUT2D eigenvalue weighted by Crippen LogP contribution is 2.28. The summed E-state index contributed by atoms with van der Waals surface area (Å²) in [6.07, 6.45) is 11.2. The molecule has 0 aromatic rings. The third kappa shape index (κ3) is 5.31. The summed E-state index contributed by atoms with van der Waals surface area (Å²) >= 11 is 0. The summed E-state index contributed by atoms with van der Waals surface area (Å²) < 4.78 is 0. The van der Waals surface area contributed by atoms with E-state index in [0.29, 0.717) is 12.5 Å². The zero-order chi connectivity index (χ0) is 11.8. The summed E-state index contributed by atoms with van der Waals surface area (Å²) in [5, 5.41) is 17.8. The van der Waals surface area contributed by atoms with Crippen molar-refractivity contribution in [3.63, 3.8) is 0 Å². The van der Waals surface area contributed by atoms with E-state index in [1.165, 1.54) is 44.9 Å². The first-order valence-electron chi connectivity index (χ1n) is 7.03. The molecule has 2 unspecified atom stereocenters. The highest BCUT2D eigenvalue weighted by Gasteiger charge is 2.19. The molecule has 0 saturated heterocycles. The van der Waals surface area contributed by atoms with E-state index >= 15 is 0 Å². The van der Waals surface area contributed by atoms with Crippen molar-refractivity contribution >= 4 is 0 Å². The SMILES string of the molecule is CC1CCCCC1CO.OC1CCCCC1. The minimum absolute atomic E-state index is 0.0359. The molecule has 2 atom stereocenters. The first-order valence-corrected chi connectivity index (χ1v) is 7.03. The smallest absolute Gasteiger partial charge is 0.0540 e. The summed E-state index contributed by atoms with van der Waals surface area (Å²) in [5.41, 5.74) is 0. The van der Waals surface area contributed by atoms with E-state index in [1.807, 2.05) is 0 Å². The van der Waals surface area contributed by atoms with Gasteiger partial charge in [-0.2, -0.15) is 0 Å². The molecule has 0 amide bonds. The molecule has 2 fully saturated rings. The summed E-state index contributed by atoms with van der Waals surface area (Å²) in [6, 6.07) is 0. The molecule has 0 heterocycles. The molecule has 0 spiro atoms. The van der Waals surface area contributed by atoms with Crippen LogP contribution in [0.4, 0.5) is 0 Å². The van der Waals surface area contributed by atoms with Crippen LogP contribution >= 0.6 is 0 Å². The average molecular weight is 228 g/mol. The van der Waals surface area contributed by atoms with Gasteiger partial charge in [-0.3, -0.25) is 0 Å². The topological polar surface area (TPSA) is 40.5 Å². The van der Waals surface area contributed by atoms with Gasteiger partial charge in [0.1, 0.15) is 0 Å². The Hall–Kier alpha value is -0.0800. The lowest BCUT2D eigenvalue weighted by Crippen LogP contribution is -2.19. The summed E-state index contributed by atoms with van der Waals surface area (Å²) in [4.78, 5) is 0. The van der Waals surface area contributed by atoms with Crippen LogP contribution in [0, 0.1) is 11.8 Å². The molecule has 16 heavy (non-hydrogen) atoms. The van der Waals surface area contributed by atoms with Gasteiger partial charge < -0.3 is 10.2 Å². The molecule has 0 aromatic heterocycles. The molecule has 96 valence electrons. The third-order valence-corrected chi connectivity index (χ3v) is 4.10. The molecule has 0 aliphatic heterocycles. The molecule has 2 rings (SSSR count). The lowest BCUT2D eigenvalue weighted by molar-refractivity contribution is 0.130. The van der Waals surface area contributed by atoms with Crippen LogP contribution in [0.5, 0.6) is 0 Å². The normalized spacial score (nSPS) is 31.7. The summed E-state index contributed by atoms with van der Waals surface area (Å²) in [7, 11) is 0. The Morgan fingerprint density at radius 3 is 1.81 bits per heavy atom. The van der Waals surface area contributed by atoms with Crippen LogP contribution in [0.3, 0.4) is 0 Å². The molecule has 2 heteroatoms. The predicted octanol–water partition coefficient (Wildman–Crippen LogP) is 3.12. The van der Waals surface area contributed by atoms with Gasteiger partial charge >= 0.3 is 0 Å². The molecule has 0 bridgehead atoms. The van der Waals surface area contributed by atoms with Crippen LogP contribution in [0.25, 0.3) is 0 Å². The van der Waals surface area contributed by atoms with Crippen molar-refractivity contribution in [3.8, 4) is 0 Å². The molecule has 2 N–H and O–H groups in total. The highest BCUT2D eigenvalue weighted by atomic mass is 16.3. The zero-order valence-electron chi connectivity index (χ0n) is 10.7. The molecule has 2 aliphatic carbocycles. The standard InChI is InChI=1S/C8H16O.C6H12O/c1-7-4-2-3-5-8(7)6-9;7-6-4-2-1-3-5-6/h7-9H,2-6H2,1H3;6-7H,1-5H2. The van der Waals surface area contributed by atoms with Gasteiger partial charge in [0.05, 0.1) is 6.10 Å². The lowest BCUT2D eigenvalue weighted by Gasteiger charge is -2.26. The number of rotatable bonds is 1. The summed E-state index contributed by atoms with van der Waals surface area (Å²) in [5.74, 6) is 1.38. The van der Waals surface area contributed by atoms with Crippen LogP contribution in [0.2, 0.25) is 0 Å². The van der Waals surface area contributed by atoms with Gasteiger partial charge in [0.2, 0.25) is 0 Å². The van der Waals surface area contributed by atoms with Gasteiger partial charge in [-0.15, -0.1) is 0 Å². The zero-order valence-corrected chi connectivity index (χ0v) is 10.7. The van der Waals surface area contributed by atoms with Gasteiger partial charge in [-0.1, -0.05) is 45.4 Å². The lowest BCUT2D eigenvalue weighted by atomic mass is 9.81. The van der Waals surface area contributed by atoms with Gasteiger partial charge in [-0.25, -0.2) is 0 Å². The van der Waals surface area contributed by atoms with E-state index in [0.717, 1.165) is 18.8 Å². The van der Waals surface area contributed by atoms with Crippen LogP contribution < -0.4 is 0 Å². The minimum atomic E-state index is 0.0359. The second kappa shape index (κ2) is 8.08. The van der Waals surface area contributed by atoms with Gasteiger partial charge in [0.25, 0.3) is 0 Å². The first-order chi connectivity index (χ1) is 7.74. The van der Waals surface area contributed by atoms with Crippen LogP contribution in [0.15, 0.2) is 0 Å². The molecule has 2 aliphatic rings. The Morgan fingerprint density at radius 2 is 1.44 bits per heavy atom.